The van der Waals surface area contributed by atoms with Crippen LogP contribution in [0.4, 0.5) is 0 Å². The Hall–Kier alpha value is -1.35. The molecular weight excluding hydrogens is 272 g/mol. The van der Waals surface area contributed by atoms with E-state index in [0.717, 1.165) is 11.5 Å². The van der Waals surface area contributed by atoms with E-state index in [2.05, 4.69) is 11.8 Å². The molecule has 1 amide bonds. The summed E-state index contributed by atoms with van der Waals surface area (Å²) in [5.74, 6) is 1.08. The van der Waals surface area contributed by atoms with Crippen LogP contribution in [0.3, 0.4) is 0 Å². The molecule has 0 spiro atoms. The Labute approximate surface area is 133 Å². The molecule has 0 aromatic heterocycles. The lowest BCUT2D eigenvalue weighted by Gasteiger charge is -2.37. The van der Waals surface area contributed by atoms with Crippen LogP contribution < -0.4 is 5.73 Å². The second-order valence-electron chi connectivity index (χ2n) is 7.17. The minimum Gasteiger partial charge on any atom is -0.337 e. The van der Waals surface area contributed by atoms with Crippen LogP contribution in [-0.2, 0) is 4.79 Å². The fourth-order valence-electron chi connectivity index (χ4n) is 3.69. The van der Waals surface area contributed by atoms with Crippen molar-refractivity contribution in [3.8, 4) is 0 Å². The number of hydrogen-bond donors (Lipinski definition) is 1. The second-order valence-corrected chi connectivity index (χ2v) is 7.17. The Morgan fingerprint density at radius 1 is 1.09 bits per heavy atom. The summed E-state index contributed by atoms with van der Waals surface area (Å²) in [4.78, 5) is 15.0. The minimum absolute atomic E-state index is 0.183. The standard InChI is InChI=1S/C19H28N2O/c1-14-7-9-16(10-8-14)21(17-11-12-17)19(22)13-18(20)15-5-3-2-4-6-15/h2-6,14,16-18H,7-13,20H2,1H3. The number of carbonyl (C=O) groups excluding carboxylic acids is 1. The Morgan fingerprint density at radius 3 is 2.18 bits per heavy atom. The van der Waals surface area contributed by atoms with Crippen LogP contribution in [0.2, 0.25) is 0 Å². The van der Waals surface area contributed by atoms with Gasteiger partial charge in [-0.25, -0.2) is 0 Å². The molecule has 0 aliphatic heterocycles. The van der Waals surface area contributed by atoms with E-state index in [9.17, 15) is 4.79 Å². The van der Waals surface area contributed by atoms with Gasteiger partial charge in [-0.3, -0.25) is 4.79 Å². The van der Waals surface area contributed by atoms with Crippen molar-refractivity contribution in [3.63, 3.8) is 0 Å². The van der Waals surface area contributed by atoms with Gasteiger partial charge in [0.1, 0.15) is 0 Å². The van der Waals surface area contributed by atoms with Crippen molar-refractivity contribution in [1.82, 2.24) is 4.90 Å². The highest BCUT2D eigenvalue weighted by atomic mass is 16.2. The molecule has 1 unspecified atom stereocenters. The summed E-state index contributed by atoms with van der Waals surface area (Å²) in [6.07, 6.45) is 7.65. The maximum Gasteiger partial charge on any atom is 0.224 e. The highest BCUT2D eigenvalue weighted by molar-refractivity contribution is 5.78. The molecule has 22 heavy (non-hydrogen) atoms. The van der Waals surface area contributed by atoms with Gasteiger partial charge in [0.25, 0.3) is 0 Å². The molecule has 2 saturated carbocycles. The number of benzene rings is 1. The lowest BCUT2D eigenvalue weighted by Crippen LogP contribution is -2.44. The van der Waals surface area contributed by atoms with Gasteiger partial charge in [0.2, 0.25) is 5.91 Å². The van der Waals surface area contributed by atoms with Crippen LogP contribution >= 0.6 is 0 Å². The molecule has 0 radical (unpaired) electrons. The van der Waals surface area contributed by atoms with Gasteiger partial charge in [0, 0.05) is 24.5 Å². The van der Waals surface area contributed by atoms with Crippen LogP contribution in [0.1, 0.15) is 63.5 Å². The van der Waals surface area contributed by atoms with Crippen molar-refractivity contribution in [2.24, 2.45) is 11.7 Å². The molecule has 2 N–H and O–H groups in total. The number of nitrogens with zero attached hydrogens (tertiary/aromatic N) is 1. The zero-order chi connectivity index (χ0) is 15.5. The Morgan fingerprint density at radius 2 is 1.64 bits per heavy atom. The molecule has 2 fully saturated rings. The summed E-state index contributed by atoms with van der Waals surface area (Å²) in [6.45, 7) is 2.32. The smallest absolute Gasteiger partial charge is 0.224 e. The summed E-state index contributed by atoms with van der Waals surface area (Å²) < 4.78 is 0. The predicted octanol–water partition coefficient (Wildman–Crippen LogP) is 3.65. The quantitative estimate of drug-likeness (QED) is 0.902. The molecule has 1 atom stereocenters. The summed E-state index contributed by atoms with van der Waals surface area (Å²) in [6, 6.07) is 10.8. The fourth-order valence-corrected chi connectivity index (χ4v) is 3.69. The number of amides is 1. The molecule has 1 aromatic rings. The number of rotatable bonds is 5. The van der Waals surface area contributed by atoms with Gasteiger partial charge < -0.3 is 10.6 Å². The molecule has 0 saturated heterocycles. The summed E-state index contributed by atoms with van der Waals surface area (Å²) in [5, 5.41) is 0. The summed E-state index contributed by atoms with van der Waals surface area (Å²) in [7, 11) is 0. The molecular formula is C19H28N2O. The van der Waals surface area contributed by atoms with Crippen LogP contribution in [-0.4, -0.2) is 22.9 Å². The molecule has 0 bridgehead atoms. The third-order valence-electron chi connectivity index (χ3n) is 5.23. The number of nitrogens with two attached hydrogens (primary N) is 1. The van der Waals surface area contributed by atoms with E-state index >= 15 is 0 Å². The van der Waals surface area contributed by atoms with E-state index in [4.69, 9.17) is 5.73 Å². The van der Waals surface area contributed by atoms with E-state index in [1.54, 1.807) is 0 Å². The zero-order valence-electron chi connectivity index (χ0n) is 13.6. The highest BCUT2D eigenvalue weighted by Crippen LogP contribution is 2.36. The Kier molecular flexibility index (Phi) is 4.82. The van der Waals surface area contributed by atoms with Crippen molar-refractivity contribution >= 4 is 5.91 Å². The van der Waals surface area contributed by atoms with Crippen LogP contribution in [0.25, 0.3) is 0 Å². The lowest BCUT2D eigenvalue weighted by atomic mass is 9.86. The van der Waals surface area contributed by atoms with Gasteiger partial charge in [-0.2, -0.15) is 0 Å². The van der Waals surface area contributed by atoms with Gasteiger partial charge in [-0.05, 0) is 50.0 Å². The molecule has 1 aromatic carbocycles. The number of carbonyl (C=O) groups is 1. The maximum atomic E-state index is 12.8. The van der Waals surface area contributed by atoms with Gasteiger partial charge >= 0.3 is 0 Å². The monoisotopic (exact) mass is 300 g/mol. The summed E-state index contributed by atoms with van der Waals surface area (Å²) in [5.41, 5.74) is 7.32. The zero-order valence-corrected chi connectivity index (χ0v) is 13.6. The maximum absolute atomic E-state index is 12.8. The average Bonchev–Trinajstić information content (AvgIpc) is 3.35. The largest absolute Gasteiger partial charge is 0.337 e. The topological polar surface area (TPSA) is 46.3 Å². The fraction of sp³-hybridized carbons (Fsp3) is 0.632. The van der Waals surface area contributed by atoms with E-state index in [1.165, 1.54) is 38.5 Å². The number of hydrogen-bond acceptors (Lipinski definition) is 2. The van der Waals surface area contributed by atoms with Crippen molar-refractivity contribution in [1.29, 1.82) is 0 Å². The Balaban J connectivity index is 1.63. The first kappa shape index (κ1) is 15.5. The van der Waals surface area contributed by atoms with Crippen molar-refractivity contribution in [2.45, 2.75) is 70.0 Å². The third-order valence-corrected chi connectivity index (χ3v) is 5.23. The van der Waals surface area contributed by atoms with Crippen molar-refractivity contribution < 1.29 is 4.79 Å². The molecule has 3 rings (SSSR count). The van der Waals surface area contributed by atoms with Gasteiger partial charge in [0.05, 0.1) is 0 Å². The molecule has 120 valence electrons. The normalized spacial score (nSPS) is 26.5. The minimum atomic E-state index is -0.183. The van der Waals surface area contributed by atoms with E-state index in [0.29, 0.717) is 18.5 Å². The molecule has 3 nitrogen and oxygen atoms in total. The van der Waals surface area contributed by atoms with Gasteiger partial charge in [0.15, 0.2) is 0 Å². The van der Waals surface area contributed by atoms with Gasteiger partial charge in [-0.15, -0.1) is 0 Å². The molecule has 0 heterocycles. The van der Waals surface area contributed by atoms with Crippen molar-refractivity contribution in [2.75, 3.05) is 0 Å². The Bertz CT molecular complexity index is 489. The van der Waals surface area contributed by atoms with E-state index in [1.807, 2.05) is 30.3 Å². The van der Waals surface area contributed by atoms with Crippen LogP contribution in [0, 0.1) is 5.92 Å². The lowest BCUT2D eigenvalue weighted by molar-refractivity contribution is -0.135. The molecule has 2 aliphatic carbocycles. The highest BCUT2D eigenvalue weighted by Gasteiger charge is 2.38. The predicted molar refractivity (Wildman–Crippen MR) is 89.3 cm³/mol. The van der Waals surface area contributed by atoms with Crippen molar-refractivity contribution in [3.05, 3.63) is 35.9 Å². The first-order valence-corrected chi connectivity index (χ1v) is 8.77. The average molecular weight is 300 g/mol. The SMILES string of the molecule is CC1CCC(N(C(=O)CC(N)c2ccccc2)C2CC2)CC1. The van der Waals surface area contributed by atoms with Gasteiger partial charge in [-0.1, -0.05) is 37.3 Å². The summed E-state index contributed by atoms with van der Waals surface area (Å²) >= 11 is 0. The second kappa shape index (κ2) is 6.82. The first-order valence-electron chi connectivity index (χ1n) is 8.77. The molecule has 3 heteroatoms. The molecule has 2 aliphatic rings. The van der Waals surface area contributed by atoms with Crippen LogP contribution in [0.15, 0.2) is 30.3 Å². The van der Waals surface area contributed by atoms with Crippen LogP contribution in [0.5, 0.6) is 0 Å². The third kappa shape index (κ3) is 3.70. The first-order chi connectivity index (χ1) is 10.6. The van der Waals surface area contributed by atoms with E-state index in [-0.39, 0.29) is 11.9 Å². The van der Waals surface area contributed by atoms with E-state index < -0.39 is 0 Å².